The van der Waals surface area contributed by atoms with Crippen LogP contribution in [0.25, 0.3) is 0 Å². The fourth-order valence-corrected chi connectivity index (χ4v) is 3.58. The number of esters is 2. The average Bonchev–Trinajstić information content (AvgIpc) is 2.98. The first-order valence-corrected chi connectivity index (χ1v) is 8.20. The average molecular weight is 383 g/mol. The summed E-state index contributed by atoms with van der Waals surface area (Å²) in [6.07, 6.45) is 1.77. The Morgan fingerprint density at radius 1 is 1.13 bits per heavy atom. The van der Waals surface area contributed by atoms with Gasteiger partial charge in [-0.1, -0.05) is 34.5 Å². The zero-order chi connectivity index (χ0) is 17.0. The molecule has 1 saturated carbocycles. The van der Waals surface area contributed by atoms with Gasteiger partial charge in [-0.25, -0.2) is 0 Å². The molecule has 0 spiro atoms. The second kappa shape index (κ2) is 7.25. The first-order valence-electron chi connectivity index (χ1n) is 7.41. The molecule has 124 valence electrons. The number of methoxy groups -OCH3 is 2. The van der Waals surface area contributed by atoms with Crippen LogP contribution < -0.4 is 0 Å². The molecule has 6 heteroatoms. The Labute approximate surface area is 143 Å². The predicted molar refractivity (Wildman–Crippen MR) is 86.9 cm³/mol. The third-order valence-corrected chi connectivity index (χ3v) is 5.05. The van der Waals surface area contributed by atoms with Crippen molar-refractivity contribution in [3.05, 3.63) is 34.3 Å². The topological polar surface area (TPSA) is 69.7 Å². The molecule has 1 fully saturated rings. The molecule has 0 aliphatic heterocycles. The van der Waals surface area contributed by atoms with E-state index in [1.807, 2.05) is 0 Å². The molecule has 5 nitrogen and oxygen atoms in total. The van der Waals surface area contributed by atoms with Crippen LogP contribution in [0.1, 0.15) is 36.0 Å². The summed E-state index contributed by atoms with van der Waals surface area (Å²) >= 11 is 3.32. The second-order valence-corrected chi connectivity index (χ2v) is 6.59. The molecule has 0 amide bonds. The highest BCUT2D eigenvalue weighted by molar-refractivity contribution is 9.10. The molecule has 2 rings (SSSR count). The van der Waals surface area contributed by atoms with E-state index >= 15 is 0 Å². The number of hydrogen-bond acceptors (Lipinski definition) is 5. The normalized spacial score (nSPS) is 19.2. The predicted octanol–water partition coefficient (Wildman–Crippen LogP) is 3.15. The molecule has 0 bridgehead atoms. The number of ketones is 1. The number of Topliss-reactive ketones (excluding diaryl/α,β-unsaturated/α-hetero) is 1. The molecule has 0 heterocycles. The van der Waals surface area contributed by atoms with Gasteiger partial charge in [-0.15, -0.1) is 0 Å². The van der Waals surface area contributed by atoms with Crippen LogP contribution in [0.5, 0.6) is 0 Å². The van der Waals surface area contributed by atoms with Crippen LogP contribution in [0, 0.1) is 11.3 Å². The summed E-state index contributed by atoms with van der Waals surface area (Å²) in [5.74, 6) is -1.73. The fraction of sp³-hybridized carbons (Fsp3) is 0.471. The van der Waals surface area contributed by atoms with Gasteiger partial charge < -0.3 is 9.47 Å². The Balaban J connectivity index is 2.25. The molecule has 0 aromatic heterocycles. The standard InChI is InChI=1S/C17H19BrO5/c1-22-15(20)17(16(21)23-2)9-3-4-12(17)10-14(19)11-5-7-13(18)8-6-11/h5-8,12H,3-4,9-10H2,1-2H3/t12-/m0/s1. The summed E-state index contributed by atoms with van der Waals surface area (Å²) in [6.45, 7) is 0. The van der Waals surface area contributed by atoms with Crippen molar-refractivity contribution in [3.63, 3.8) is 0 Å². The number of halogens is 1. The molecule has 0 radical (unpaired) electrons. The summed E-state index contributed by atoms with van der Waals surface area (Å²) in [5.41, 5.74) is -0.808. The zero-order valence-corrected chi connectivity index (χ0v) is 14.7. The third-order valence-electron chi connectivity index (χ3n) is 4.52. The maximum atomic E-state index is 12.5. The Bertz CT molecular complexity index is 592. The summed E-state index contributed by atoms with van der Waals surface area (Å²) in [4.78, 5) is 37.0. The molecule has 0 saturated heterocycles. The molecular weight excluding hydrogens is 364 g/mol. The minimum Gasteiger partial charge on any atom is -0.468 e. The van der Waals surface area contributed by atoms with Gasteiger partial charge >= 0.3 is 11.9 Å². The fourth-order valence-electron chi connectivity index (χ4n) is 3.32. The van der Waals surface area contributed by atoms with Gasteiger partial charge in [0.2, 0.25) is 0 Å². The summed E-state index contributed by atoms with van der Waals surface area (Å²) in [5, 5.41) is 0. The number of rotatable bonds is 5. The minimum atomic E-state index is -1.37. The van der Waals surface area contributed by atoms with E-state index in [1.165, 1.54) is 14.2 Å². The number of benzene rings is 1. The van der Waals surface area contributed by atoms with E-state index in [2.05, 4.69) is 15.9 Å². The van der Waals surface area contributed by atoms with Crippen molar-refractivity contribution in [1.29, 1.82) is 0 Å². The Morgan fingerprint density at radius 2 is 1.70 bits per heavy atom. The van der Waals surface area contributed by atoms with Crippen molar-refractivity contribution in [2.75, 3.05) is 14.2 Å². The molecule has 0 N–H and O–H groups in total. The van der Waals surface area contributed by atoms with Gasteiger partial charge in [-0.2, -0.15) is 0 Å². The summed E-state index contributed by atoms with van der Waals surface area (Å²) < 4.78 is 10.6. The quantitative estimate of drug-likeness (QED) is 0.444. The van der Waals surface area contributed by atoms with E-state index in [0.29, 0.717) is 24.8 Å². The van der Waals surface area contributed by atoms with Crippen LogP contribution in [-0.2, 0) is 19.1 Å². The first kappa shape index (κ1) is 17.7. The van der Waals surface area contributed by atoms with Crippen LogP contribution >= 0.6 is 15.9 Å². The van der Waals surface area contributed by atoms with Crippen LogP contribution in [0.4, 0.5) is 0 Å². The lowest BCUT2D eigenvalue weighted by Gasteiger charge is -2.29. The van der Waals surface area contributed by atoms with Gasteiger partial charge in [-0.05, 0) is 30.9 Å². The molecule has 1 aliphatic rings. The molecule has 23 heavy (non-hydrogen) atoms. The molecule has 0 unspecified atom stereocenters. The van der Waals surface area contributed by atoms with Crippen molar-refractivity contribution >= 4 is 33.7 Å². The van der Waals surface area contributed by atoms with Gasteiger partial charge in [0.25, 0.3) is 0 Å². The van der Waals surface area contributed by atoms with Crippen molar-refractivity contribution < 1.29 is 23.9 Å². The lowest BCUT2D eigenvalue weighted by Crippen LogP contribution is -2.44. The van der Waals surface area contributed by atoms with Crippen LogP contribution in [0.2, 0.25) is 0 Å². The number of carbonyl (C=O) groups excluding carboxylic acids is 3. The highest BCUT2D eigenvalue weighted by Gasteiger charge is 2.57. The number of ether oxygens (including phenoxy) is 2. The van der Waals surface area contributed by atoms with Crippen LogP contribution in [-0.4, -0.2) is 31.9 Å². The molecule has 1 atom stereocenters. The van der Waals surface area contributed by atoms with Gasteiger partial charge in [0.05, 0.1) is 14.2 Å². The van der Waals surface area contributed by atoms with Gasteiger partial charge in [-0.3, -0.25) is 14.4 Å². The van der Waals surface area contributed by atoms with E-state index < -0.39 is 23.3 Å². The highest BCUT2D eigenvalue weighted by atomic mass is 79.9. The highest BCUT2D eigenvalue weighted by Crippen LogP contribution is 2.47. The maximum Gasteiger partial charge on any atom is 0.323 e. The molecule has 1 aromatic rings. The Kier molecular flexibility index (Phi) is 5.57. The lowest BCUT2D eigenvalue weighted by atomic mass is 9.75. The Hall–Kier alpha value is -1.69. The SMILES string of the molecule is COC(=O)C1(C(=O)OC)CCC[C@H]1CC(=O)c1ccc(Br)cc1. The zero-order valence-electron chi connectivity index (χ0n) is 13.1. The van der Waals surface area contributed by atoms with Crippen molar-refractivity contribution in [2.24, 2.45) is 11.3 Å². The van der Waals surface area contributed by atoms with Crippen LogP contribution in [0.15, 0.2) is 28.7 Å². The van der Waals surface area contributed by atoms with E-state index in [1.54, 1.807) is 24.3 Å². The van der Waals surface area contributed by atoms with Crippen molar-refractivity contribution in [1.82, 2.24) is 0 Å². The largest absolute Gasteiger partial charge is 0.468 e. The van der Waals surface area contributed by atoms with Crippen molar-refractivity contribution in [2.45, 2.75) is 25.7 Å². The monoisotopic (exact) mass is 382 g/mol. The Morgan fingerprint density at radius 3 is 2.22 bits per heavy atom. The molecular formula is C17H19BrO5. The van der Waals surface area contributed by atoms with Gasteiger partial charge in [0.15, 0.2) is 11.2 Å². The van der Waals surface area contributed by atoms with Gasteiger partial charge in [0.1, 0.15) is 0 Å². The molecule has 1 aliphatic carbocycles. The maximum absolute atomic E-state index is 12.5. The third kappa shape index (κ3) is 3.32. The smallest absolute Gasteiger partial charge is 0.323 e. The number of carbonyl (C=O) groups is 3. The first-order chi connectivity index (χ1) is 11.0. The molecule has 1 aromatic carbocycles. The van der Waals surface area contributed by atoms with E-state index in [0.717, 1.165) is 4.47 Å². The summed E-state index contributed by atoms with van der Waals surface area (Å²) in [6, 6.07) is 7.02. The van der Waals surface area contributed by atoms with E-state index in [-0.39, 0.29) is 12.2 Å². The number of hydrogen-bond donors (Lipinski definition) is 0. The van der Waals surface area contributed by atoms with E-state index in [4.69, 9.17) is 9.47 Å². The van der Waals surface area contributed by atoms with E-state index in [9.17, 15) is 14.4 Å². The minimum absolute atomic E-state index is 0.0958. The van der Waals surface area contributed by atoms with Crippen molar-refractivity contribution in [3.8, 4) is 0 Å². The van der Waals surface area contributed by atoms with Gasteiger partial charge in [0, 0.05) is 16.5 Å². The lowest BCUT2D eigenvalue weighted by molar-refractivity contribution is -0.172. The summed E-state index contributed by atoms with van der Waals surface area (Å²) in [7, 11) is 2.50. The second-order valence-electron chi connectivity index (χ2n) is 5.68. The van der Waals surface area contributed by atoms with Crippen LogP contribution in [0.3, 0.4) is 0 Å².